The Kier molecular flexibility index (Phi) is 5.30. The summed E-state index contributed by atoms with van der Waals surface area (Å²) in [5, 5.41) is 3.34. The zero-order valence-corrected chi connectivity index (χ0v) is 15.6. The molecule has 0 aromatic heterocycles. The Hall–Kier alpha value is -2.53. The Labute approximate surface area is 160 Å². The molecule has 3 fully saturated rings. The van der Waals surface area contributed by atoms with Gasteiger partial charge >= 0.3 is 5.97 Å². The van der Waals surface area contributed by atoms with Gasteiger partial charge in [0, 0.05) is 12.2 Å². The van der Waals surface area contributed by atoms with Gasteiger partial charge in [0.2, 0.25) is 0 Å². The van der Waals surface area contributed by atoms with Crippen molar-refractivity contribution in [2.45, 2.75) is 25.0 Å². The number of benzene rings is 2. The average molecular weight is 366 g/mol. The van der Waals surface area contributed by atoms with Crippen molar-refractivity contribution in [1.82, 2.24) is 4.90 Å². The predicted molar refractivity (Wildman–Crippen MR) is 105 cm³/mol. The molecule has 3 heterocycles. The van der Waals surface area contributed by atoms with Crippen molar-refractivity contribution in [2.75, 3.05) is 32.1 Å². The quantitative estimate of drug-likeness (QED) is 0.793. The third kappa shape index (κ3) is 4.08. The standard InChI is InChI=1S/C22H26N2O3/c1-26-19-9-7-17(8-10-19)21(23-18-5-3-2-4-6-18)22(25)27-20-15-24-13-11-16(20)12-14-24/h2-10,16,20-21,23H,11-15H2,1H3. The summed E-state index contributed by atoms with van der Waals surface area (Å²) in [7, 11) is 1.64. The van der Waals surface area contributed by atoms with Crippen LogP contribution >= 0.6 is 0 Å². The molecule has 27 heavy (non-hydrogen) atoms. The van der Waals surface area contributed by atoms with E-state index >= 15 is 0 Å². The van der Waals surface area contributed by atoms with Gasteiger partial charge in [0.25, 0.3) is 0 Å². The lowest BCUT2D eigenvalue weighted by Gasteiger charge is -2.44. The summed E-state index contributed by atoms with van der Waals surface area (Å²) < 4.78 is 11.2. The van der Waals surface area contributed by atoms with Crippen LogP contribution in [0.2, 0.25) is 0 Å². The smallest absolute Gasteiger partial charge is 0.333 e. The number of rotatable bonds is 6. The van der Waals surface area contributed by atoms with Gasteiger partial charge in [-0.3, -0.25) is 4.90 Å². The number of hydrogen-bond acceptors (Lipinski definition) is 5. The molecule has 2 bridgehead atoms. The number of esters is 1. The molecule has 2 aromatic rings. The molecule has 142 valence electrons. The first kappa shape index (κ1) is 17.9. The molecule has 3 saturated heterocycles. The van der Waals surface area contributed by atoms with E-state index in [0.29, 0.717) is 5.92 Å². The molecule has 2 atom stereocenters. The summed E-state index contributed by atoms with van der Waals surface area (Å²) in [6.07, 6.45) is 2.24. The maximum atomic E-state index is 13.1. The number of para-hydroxylation sites is 1. The number of ether oxygens (including phenoxy) is 2. The van der Waals surface area contributed by atoms with Gasteiger partial charge in [0.1, 0.15) is 11.9 Å². The van der Waals surface area contributed by atoms with E-state index < -0.39 is 6.04 Å². The van der Waals surface area contributed by atoms with E-state index in [0.717, 1.165) is 49.5 Å². The number of anilines is 1. The Bertz CT molecular complexity index is 755. The Morgan fingerprint density at radius 1 is 1.07 bits per heavy atom. The number of methoxy groups -OCH3 is 1. The minimum Gasteiger partial charge on any atom is -0.497 e. The van der Waals surface area contributed by atoms with Crippen molar-refractivity contribution in [2.24, 2.45) is 5.92 Å². The van der Waals surface area contributed by atoms with Crippen molar-refractivity contribution in [3.8, 4) is 5.75 Å². The van der Waals surface area contributed by atoms with Crippen LogP contribution in [0.25, 0.3) is 0 Å². The van der Waals surface area contributed by atoms with Gasteiger partial charge in [-0.05, 0) is 61.7 Å². The van der Waals surface area contributed by atoms with Gasteiger partial charge in [0.05, 0.1) is 7.11 Å². The number of carbonyl (C=O) groups is 1. The average Bonchev–Trinajstić information content (AvgIpc) is 2.74. The molecule has 0 spiro atoms. The van der Waals surface area contributed by atoms with Crippen molar-refractivity contribution in [3.05, 3.63) is 60.2 Å². The fraction of sp³-hybridized carbons (Fsp3) is 0.409. The number of hydrogen-bond donors (Lipinski definition) is 1. The van der Waals surface area contributed by atoms with Gasteiger partial charge in [-0.2, -0.15) is 0 Å². The molecule has 3 aliphatic heterocycles. The lowest BCUT2D eigenvalue weighted by atomic mass is 9.86. The highest BCUT2D eigenvalue weighted by Gasteiger charge is 2.37. The molecule has 5 heteroatoms. The molecular formula is C22H26N2O3. The van der Waals surface area contributed by atoms with Crippen molar-refractivity contribution in [1.29, 1.82) is 0 Å². The summed E-state index contributed by atoms with van der Waals surface area (Å²) in [5.74, 6) is 1.04. The van der Waals surface area contributed by atoms with E-state index in [4.69, 9.17) is 9.47 Å². The minimum absolute atomic E-state index is 0.00155. The van der Waals surface area contributed by atoms with Crippen LogP contribution in [-0.2, 0) is 9.53 Å². The van der Waals surface area contributed by atoms with Crippen molar-refractivity contribution >= 4 is 11.7 Å². The number of nitrogens with one attached hydrogen (secondary N) is 1. The van der Waals surface area contributed by atoms with Gasteiger partial charge in [-0.25, -0.2) is 4.79 Å². The number of fused-ring (bicyclic) bond motifs is 3. The highest BCUT2D eigenvalue weighted by Crippen LogP contribution is 2.31. The van der Waals surface area contributed by atoms with E-state index in [1.165, 1.54) is 0 Å². The second kappa shape index (κ2) is 8.01. The molecule has 0 aliphatic carbocycles. The first-order valence-electron chi connectivity index (χ1n) is 9.61. The first-order chi connectivity index (χ1) is 13.2. The molecule has 0 saturated carbocycles. The Balaban J connectivity index is 1.53. The van der Waals surface area contributed by atoms with Crippen LogP contribution in [0.15, 0.2) is 54.6 Å². The maximum absolute atomic E-state index is 13.1. The molecule has 2 aromatic carbocycles. The fourth-order valence-electron chi connectivity index (χ4n) is 4.04. The van der Waals surface area contributed by atoms with Crippen LogP contribution in [0.1, 0.15) is 24.4 Å². The molecule has 5 nitrogen and oxygen atoms in total. The van der Waals surface area contributed by atoms with E-state index in [1.54, 1.807) is 7.11 Å². The van der Waals surface area contributed by atoms with Gasteiger partial charge in [0.15, 0.2) is 6.04 Å². The third-order valence-corrected chi connectivity index (χ3v) is 5.63. The highest BCUT2D eigenvalue weighted by atomic mass is 16.5. The summed E-state index contributed by atoms with van der Waals surface area (Å²) >= 11 is 0. The topological polar surface area (TPSA) is 50.8 Å². The van der Waals surface area contributed by atoms with Crippen LogP contribution in [0.4, 0.5) is 5.69 Å². The van der Waals surface area contributed by atoms with E-state index in [1.807, 2.05) is 54.6 Å². The second-order valence-corrected chi connectivity index (χ2v) is 7.33. The molecule has 3 aliphatic rings. The first-order valence-corrected chi connectivity index (χ1v) is 9.61. The lowest BCUT2D eigenvalue weighted by molar-refractivity contribution is -0.159. The van der Waals surface area contributed by atoms with Crippen molar-refractivity contribution in [3.63, 3.8) is 0 Å². The van der Waals surface area contributed by atoms with Gasteiger partial charge in [-0.15, -0.1) is 0 Å². The summed E-state index contributed by atoms with van der Waals surface area (Å²) in [5.41, 5.74) is 1.76. The number of nitrogens with zero attached hydrogens (tertiary/aromatic N) is 1. The summed E-state index contributed by atoms with van der Waals surface area (Å²) in [6, 6.07) is 16.8. The van der Waals surface area contributed by atoms with Gasteiger partial charge < -0.3 is 14.8 Å². The minimum atomic E-state index is -0.547. The normalized spacial score (nSPS) is 24.9. The molecule has 5 rings (SSSR count). The molecule has 0 amide bonds. The largest absolute Gasteiger partial charge is 0.497 e. The van der Waals surface area contributed by atoms with Crippen molar-refractivity contribution < 1.29 is 14.3 Å². The van der Waals surface area contributed by atoms with Gasteiger partial charge in [-0.1, -0.05) is 30.3 Å². The number of carbonyl (C=O) groups excluding carboxylic acids is 1. The lowest BCUT2D eigenvalue weighted by Crippen LogP contribution is -2.52. The zero-order valence-electron chi connectivity index (χ0n) is 15.6. The van der Waals surface area contributed by atoms with E-state index in [2.05, 4.69) is 10.2 Å². The molecule has 2 unspecified atom stereocenters. The van der Waals surface area contributed by atoms with Crippen LogP contribution < -0.4 is 10.1 Å². The molecule has 0 radical (unpaired) electrons. The van der Waals surface area contributed by atoms with E-state index in [9.17, 15) is 4.79 Å². The highest BCUT2D eigenvalue weighted by molar-refractivity contribution is 5.81. The Morgan fingerprint density at radius 2 is 1.78 bits per heavy atom. The van der Waals surface area contributed by atoms with Crippen LogP contribution in [-0.4, -0.2) is 43.7 Å². The fourth-order valence-corrected chi connectivity index (χ4v) is 4.04. The summed E-state index contributed by atoms with van der Waals surface area (Å²) in [4.78, 5) is 15.5. The molecule has 1 N–H and O–H groups in total. The Morgan fingerprint density at radius 3 is 2.37 bits per heavy atom. The second-order valence-electron chi connectivity index (χ2n) is 7.33. The van der Waals surface area contributed by atoms with E-state index in [-0.39, 0.29) is 12.1 Å². The van der Waals surface area contributed by atoms with Crippen LogP contribution in [0.5, 0.6) is 5.75 Å². The monoisotopic (exact) mass is 366 g/mol. The number of piperidine rings is 3. The SMILES string of the molecule is COc1ccc(C(Nc2ccccc2)C(=O)OC2CN3CCC2CC3)cc1. The zero-order chi connectivity index (χ0) is 18.6. The molecular weight excluding hydrogens is 340 g/mol. The van der Waals surface area contributed by atoms with Crippen LogP contribution in [0, 0.1) is 5.92 Å². The predicted octanol–water partition coefficient (Wildman–Crippen LogP) is 3.49. The van der Waals surface area contributed by atoms with Crippen LogP contribution in [0.3, 0.4) is 0 Å². The third-order valence-electron chi connectivity index (χ3n) is 5.63. The summed E-state index contributed by atoms with van der Waals surface area (Å²) in [6.45, 7) is 3.11. The maximum Gasteiger partial charge on any atom is 0.333 e.